The van der Waals surface area contributed by atoms with Crippen molar-refractivity contribution in [2.24, 2.45) is 0 Å². The van der Waals surface area contributed by atoms with E-state index in [-0.39, 0.29) is 12.1 Å². The molecule has 1 aliphatic heterocycles. The van der Waals surface area contributed by atoms with Crippen LogP contribution in [0, 0.1) is 0 Å². The average molecular weight is 369 g/mol. The maximum absolute atomic E-state index is 10.6. The molecule has 1 aromatic carbocycles. The van der Waals surface area contributed by atoms with Crippen LogP contribution in [0.5, 0.6) is 0 Å². The first kappa shape index (κ1) is 19.6. The summed E-state index contributed by atoms with van der Waals surface area (Å²) in [7, 11) is 0. The van der Waals surface area contributed by atoms with E-state index in [0.717, 1.165) is 19.4 Å². The molecule has 26 heavy (non-hydrogen) atoms. The molecule has 140 valence electrons. The summed E-state index contributed by atoms with van der Waals surface area (Å²) in [5.74, 6) is -2.05. The van der Waals surface area contributed by atoms with Crippen LogP contribution in [0.25, 0.3) is 0 Å². The fraction of sp³-hybridized carbons (Fsp3) is 0.353. The Kier molecular flexibility index (Phi) is 6.51. The van der Waals surface area contributed by atoms with Crippen molar-refractivity contribution in [2.75, 3.05) is 11.4 Å². The van der Waals surface area contributed by atoms with Crippen LogP contribution < -0.4 is 4.90 Å². The molecule has 1 saturated heterocycles. The Bertz CT molecular complexity index is 699. The molecule has 6 nitrogen and oxygen atoms in total. The van der Waals surface area contributed by atoms with Gasteiger partial charge in [0.15, 0.2) is 0 Å². The highest BCUT2D eigenvalue weighted by atomic mass is 19.4. The van der Waals surface area contributed by atoms with Gasteiger partial charge in [-0.1, -0.05) is 30.3 Å². The Morgan fingerprint density at radius 2 is 1.73 bits per heavy atom. The lowest BCUT2D eigenvalue weighted by atomic mass is 10.0. The van der Waals surface area contributed by atoms with E-state index in [4.69, 9.17) is 9.90 Å². The fourth-order valence-electron chi connectivity index (χ4n) is 2.63. The van der Waals surface area contributed by atoms with Crippen molar-refractivity contribution in [1.82, 2.24) is 9.97 Å². The summed E-state index contributed by atoms with van der Waals surface area (Å²) in [5.41, 5.74) is 1.23. The van der Waals surface area contributed by atoms with Crippen LogP contribution in [0.4, 0.5) is 19.1 Å². The summed E-state index contributed by atoms with van der Waals surface area (Å²) >= 11 is 0. The number of aromatic nitrogens is 2. The van der Waals surface area contributed by atoms with E-state index in [2.05, 4.69) is 27.0 Å². The van der Waals surface area contributed by atoms with Crippen molar-refractivity contribution < 1.29 is 28.2 Å². The molecule has 0 unspecified atom stereocenters. The molecule has 0 radical (unpaired) electrons. The second-order valence-electron chi connectivity index (χ2n) is 5.66. The van der Waals surface area contributed by atoms with Gasteiger partial charge in [-0.15, -0.1) is 0 Å². The van der Waals surface area contributed by atoms with Gasteiger partial charge >= 0.3 is 12.1 Å². The SMILES string of the molecule is O=C(O)C(F)(F)F.O[C@@H]1CCN(c2ncccn2)[C@H]1Cc1ccccc1. The highest BCUT2D eigenvalue weighted by Crippen LogP contribution is 2.25. The molecule has 3 rings (SSSR count). The lowest BCUT2D eigenvalue weighted by Gasteiger charge is -2.26. The molecule has 0 saturated carbocycles. The number of halogens is 3. The Morgan fingerprint density at radius 1 is 1.15 bits per heavy atom. The molecule has 0 aliphatic carbocycles. The van der Waals surface area contributed by atoms with Crippen molar-refractivity contribution in [1.29, 1.82) is 0 Å². The van der Waals surface area contributed by atoms with Gasteiger partial charge in [-0.2, -0.15) is 13.2 Å². The van der Waals surface area contributed by atoms with Gasteiger partial charge < -0.3 is 15.1 Å². The Labute approximate surface area is 147 Å². The van der Waals surface area contributed by atoms with Crippen LogP contribution in [0.1, 0.15) is 12.0 Å². The van der Waals surface area contributed by atoms with E-state index in [0.29, 0.717) is 5.95 Å². The summed E-state index contributed by atoms with van der Waals surface area (Å²) in [5, 5.41) is 17.3. The number of carboxylic acid groups (broad SMARTS) is 1. The van der Waals surface area contributed by atoms with Gasteiger partial charge in [0.1, 0.15) is 0 Å². The second kappa shape index (κ2) is 8.61. The quantitative estimate of drug-likeness (QED) is 0.863. The molecule has 2 heterocycles. The molecule has 2 aromatic rings. The maximum Gasteiger partial charge on any atom is 0.490 e. The summed E-state index contributed by atoms with van der Waals surface area (Å²) in [6.45, 7) is 0.808. The highest BCUT2D eigenvalue weighted by molar-refractivity contribution is 5.73. The zero-order chi connectivity index (χ0) is 19.2. The third-order valence-corrected chi connectivity index (χ3v) is 3.85. The maximum atomic E-state index is 10.6. The number of aliphatic hydroxyl groups is 1. The first-order valence-corrected chi connectivity index (χ1v) is 7.85. The molecule has 0 bridgehead atoms. The number of carboxylic acids is 1. The van der Waals surface area contributed by atoms with Gasteiger partial charge in [-0.05, 0) is 24.5 Å². The molecule has 1 aliphatic rings. The fourth-order valence-corrected chi connectivity index (χ4v) is 2.63. The topological polar surface area (TPSA) is 86.5 Å². The number of hydrogen-bond acceptors (Lipinski definition) is 5. The lowest BCUT2D eigenvalue weighted by Crippen LogP contribution is -2.38. The van der Waals surface area contributed by atoms with Gasteiger partial charge in [0.2, 0.25) is 5.95 Å². The van der Waals surface area contributed by atoms with Gasteiger partial charge in [-0.3, -0.25) is 0 Å². The number of rotatable bonds is 3. The molecule has 0 amide bonds. The minimum absolute atomic E-state index is 0.0600. The largest absolute Gasteiger partial charge is 0.490 e. The van der Waals surface area contributed by atoms with Gasteiger partial charge in [0.05, 0.1) is 12.1 Å². The number of benzene rings is 1. The van der Waals surface area contributed by atoms with Gasteiger partial charge in [0, 0.05) is 18.9 Å². The number of alkyl halides is 3. The monoisotopic (exact) mass is 369 g/mol. The predicted octanol–water partition coefficient (Wildman–Crippen LogP) is 2.29. The lowest BCUT2D eigenvalue weighted by molar-refractivity contribution is -0.192. The van der Waals surface area contributed by atoms with Gasteiger partial charge in [-0.25, -0.2) is 14.8 Å². The zero-order valence-corrected chi connectivity index (χ0v) is 13.7. The molecule has 2 N–H and O–H groups in total. The molecular weight excluding hydrogens is 351 g/mol. The summed E-state index contributed by atoms with van der Waals surface area (Å²) in [4.78, 5) is 19.6. The van der Waals surface area contributed by atoms with E-state index in [1.807, 2.05) is 24.3 Å². The number of hydrogen-bond donors (Lipinski definition) is 2. The minimum Gasteiger partial charge on any atom is -0.475 e. The third-order valence-electron chi connectivity index (χ3n) is 3.85. The van der Waals surface area contributed by atoms with Crippen molar-refractivity contribution in [3.63, 3.8) is 0 Å². The summed E-state index contributed by atoms with van der Waals surface area (Å²) in [6.07, 6.45) is -0.320. The number of aliphatic carboxylic acids is 1. The smallest absolute Gasteiger partial charge is 0.475 e. The summed E-state index contributed by atoms with van der Waals surface area (Å²) in [6, 6.07) is 12.1. The first-order valence-electron chi connectivity index (χ1n) is 7.85. The molecule has 0 spiro atoms. The van der Waals surface area contributed by atoms with Crippen LogP contribution >= 0.6 is 0 Å². The number of nitrogens with zero attached hydrogens (tertiary/aromatic N) is 3. The molecule has 2 atom stereocenters. The molecule has 9 heteroatoms. The van der Waals surface area contributed by atoms with E-state index >= 15 is 0 Å². The summed E-state index contributed by atoms with van der Waals surface area (Å²) < 4.78 is 31.7. The van der Waals surface area contributed by atoms with E-state index in [9.17, 15) is 18.3 Å². The number of carbonyl (C=O) groups is 1. The Morgan fingerprint density at radius 3 is 2.27 bits per heavy atom. The van der Waals surface area contributed by atoms with E-state index in [1.54, 1.807) is 12.4 Å². The van der Waals surface area contributed by atoms with Crippen molar-refractivity contribution >= 4 is 11.9 Å². The van der Waals surface area contributed by atoms with Crippen molar-refractivity contribution in [3.05, 3.63) is 54.4 Å². The number of aliphatic hydroxyl groups excluding tert-OH is 1. The normalized spacial score (nSPS) is 19.6. The van der Waals surface area contributed by atoms with Crippen molar-refractivity contribution in [2.45, 2.75) is 31.2 Å². The molecule has 1 aromatic heterocycles. The standard InChI is InChI=1S/C15H17N3O.C2HF3O2/c19-14-7-10-18(15-16-8-4-9-17-15)13(14)11-12-5-2-1-3-6-12;3-2(4,5)1(6)7/h1-6,8-9,13-14,19H,7,10-11H2;(H,6,7)/t13-,14+;/m0./s1. The Hall–Kier alpha value is -2.68. The molecule has 1 fully saturated rings. The van der Waals surface area contributed by atoms with E-state index in [1.165, 1.54) is 5.56 Å². The van der Waals surface area contributed by atoms with Gasteiger partial charge in [0.25, 0.3) is 0 Å². The second-order valence-corrected chi connectivity index (χ2v) is 5.66. The van der Waals surface area contributed by atoms with Crippen LogP contribution in [-0.2, 0) is 11.2 Å². The predicted molar refractivity (Wildman–Crippen MR) is 87.6 cm³/mol. The van der Waals surface area contributed by atoms with Crippen LogP contribution in [0.2, 0.25) is 0 Å². The first-order chi connectivity index (χ1) is 12.3. The number of anilines is 1. The zero-order valence-electron chi connectivity index (χ0n) is 13.7. The Balaban J connectivity index is 0.000000298. The van der Waals surface area contributed by atoms with Crippen LogP contribution in [-0.4, -0.2) is 51.0 Å². The molecular formula is C17H18F3N3O3. The van der Waals surface area contributed by atoms with Crippen molar-refractivity contribution in [3.8, 4) is 0 Å². The third kappa shape index (κ3) is 5.41. The van der Waals surface area contributed by atoms with Crippen LogP contribution in [0.3, 0.4) is 0 Å². The highest BCUT2D eigenvalue weighted by Gasteiger charge is 2.38. The van der Waals surface area contributed by atoms with Crippen LogP contribution in [0.15, 0.2) is 48.8 Å². The average Bonchev–Trinajstić information content (AvgIpc) is 2.97. The minimum atomic E-state index is -5.08. The van der Waals surface area contributed by atoms with E-state index < -0.39 is 12.1 Å².